The lowest BCUT2D eigenvalue weighted by atomic mass is 9.82. The third-order valence-corrected chi connectivity index (χ3v) is 3.80. The molecule has 16 heavy (non-hydrogen) atoms. The molecule has 1 N–H and O–H groups in total. The Morgan fingerprint density at radius 2 is 2.06 bits per heavy atom. The van der Waals surface area contributed by atoms with Crippen molar-refractivity contribution in [2.45, 2.75) is 46.6 Å². The molecule has 0 saturated carbocycles. The minimum Gasteiger partial charge on any atom is -0.312 e. The number of fused-ring (bicyclic) bond motifs is 1. The summed E-state index contributed by atoms with van der Waals surface area (Å²) in [6.07, 6.45) is 3.63. The van der Waals surface area contributed by atoms with Crippen LogP contribution in [0.3, 0.4) is 0 Å². The molecule has 1 heteroatoms. The lowest BCUT2D eigenvalue weighted by Gasteiger charge is -2.24. The summed E-state index contributed by atoms with van der Waals surface area (Å²) in [7, 11) is 0. The summed E-state index contributed by atoms with van der Waals surface area (Å²) in [5, 5.41) is 3.42. The molecule has 0 bridgehead atoms. The molecule has 0 saturated heterocycles. The van der Waals surface area contributed by atoms with E-state index in [0.717, 1.165) is 13.1 Å². The fourth-order valence-corrected chi connectivity index (χ4v) is 2.32. The van der Waals surface area contributed by atoms with Crippen LogP contribution < -0.4 is 5.32 Å². The summed E-state index contributed by atoms with van der Waals surface area (Å²) < 4.78 is 0. The van der Waals surface area contributed by atoms with E-state index in [0.29, 0.717) is 5.41 Å². The van der Waals surface area contributed by atoms with Gasteiger partial charge in [-0.1, -0.05) is 45.4 Å². The van der Waals surface area contributed by atoms with Crippen molar-refractivity contribution in [1.82, 2.24) is 5.32 Å². The molecule has 0 fully saturated rings. The Labute approximate surface area is 99.3 Å². The van der Waals surface area contributed by atoms with E-state index in [-0.39, 0.29) is 0 Å². The predicted molar refractivity (Wildman–Crippen MR) is 69.6 cm³/mol. The molecule has 0 spiro atoms. The summed E-state index contributed by atoms with van der Waals surface area (Å²) in [4.78, 5) is 0. The molecule has 1 heterocycles. The van der Waals surface area contributed by atoms with Crippen molar-refractivity contribution < 1.29 is 0 Å². The van der Waals surface area contributed by atoms with Gasteiger partial charge in [0.05, 0.1) is 0 Å². The highest BCUT2D eigenvalue weighted by Gasteiger charge is 2.17. The molecule has 2 rings (SSSR count). The fourth-order valence-electron chi connectivity index (χ4n) is 2.32. The zero-order valence-corrected chi connectivity index (χ0v) is 10.8. The van der Waals surface area contributed by atoms with Gasteiger partial charge < -0.3 is 5.32 Å². The average molecular weight is 217 g/mol. The Bertz CT molecular complexity index is 366. The van der Waals surface area contributed by atoms with Crippen molar-refractivity contribution in [3.63, 3.8) is 0 Å². The zero-order valence-electron chi connectivity index (χ0n) is 10.8. The van der Waals surface area contributed by atoms with Gasteiger partial charge in [-0.05, 0) is 41.5 Å². The molecule has 0 amide bonds. The van der Waals surface area contributed by atoms with Gasteiger partial charge in [-0.25, -0.2) is 0 Å². The van der Waals surface area contributed by atoms with Crippen molar-refractivity contribution in [2.24, 2.45) is 5.41 Å². The van der Waals surface area contributed by atoms with E-state index in [4.69, 9.17) is 0 Å². The van der Waals surface area contributed by atoms with Gasteiger partial charge in [0.1, 0.15) is 0 Å². The Morgan fingerprint density at radius 1 is 1.25 bits per heavy atom. The van der Waals surface area contributed by atoms with Crippen LogP contribution in [-0.2, 0) is 19.4 Å². The van der Waals surface area contributed by atoms with Crippen LogP contribution in [0.2, 0.25) is 0 Å². The van der Waals surface area contributed by atoms with Crippen LogP contribution in [0.4, 0.5) is 0 Å². The maximum atomic E-state index is 3.42. The lowest BCUT2D eigenvalue weighted by Crippen LogP contribution is -2.24. The van der Waals surface area contributed by atoms with Gasteiger partial charge in [0.15, 0.2) is 0 Å². The maximum absolute atomic E-state index is 3.42. The van der Waals surface area contributed by atoms with Crippen molar-refractivity contribution in [3.8, 4) is 0 Å². The third kappa shape index (κ3) is 2.65. The first-order chi connectivity index (χ1) is 7.61. The van der Waals surface area contributed by atoms with Gasteiger partial charge in [0, 0.05) is 6.54 Å². The van der Waals surface area contributed by atoms with Crippen LogP contribution in [0.25, 0.3) is 0 Å². The Kier molecular flexibility index (Phi) is 3.34. The average Bonchev–Trinajstić information content (AvgIpc) is 2.28. The molecule has 1 aliphatic heterocycles. The van der Waals surface area contributed by atoms with E-state index < -0.39 is 0 Å². The second kappa shape index (κ2) is 4.58. The standard InChI is InChI=1S/C15H23N/c1-4-15(2,3)10-12-5-6-14-11-16-8-7-13(14)9-12/h5-6,9,16H,4,7-8,10-11H2,1-3H3. The summed E-state index contributed by atoms with van der Waals surface area (Å²) in [6.45, 7) is 9.17. The first kappa shape index (κ1) is 11.7. The molecule has 0 aliphatic carbocycles. The number of nitrogens with one attached hydrogen (secondary N) is 1. The molecule has 0 radical (unpaired) electrons. The Balaban J connectivity index is 2.17. The van der Waals surface area contributed by atoms with Gasteiger partial charge >= 0.3 is 0 Å². The van der Waals surface area contributed by atoms with Crippen LogP contribution in [0.5, 0.6) is 0 Å². The highest BCUT2D eigenvalue weighted by Crippen LogP contribution is 2.27. The molecule has 1 nitrogen and oxygen atoms in total. The molecular formula is C15H23N. The van der Waals surface area contributed by atoms with Crippen LogP contribution in [0.1, 0.15) is 43.9 Å². The summed E-state index contributed by atoms with van der Waals surface area (Å²) in [6, 6.07) is 7.04. The zero-order chi connectivity index (χ0) is 11.6. The molecular weight excluding hydrogens is 194 g/mol. The summed E-state index contributed by atoms with van der Waals surface area (Å²) in [5.74, 6) is 0. The highest BCUT2D eigenvalue weighted by atomic mass is 14.9. The normalized spacial score (nSPS) is 15.9. The van der Waals surface area contributed by atoms with E-state index in [2.05, 4.69) is 44.3 Å². The second-order valence-electron chi connectivity index (χ2n) is 5.72. The topological polar surface area (TPSA) is 12.0 Å². The van der Waals surface area contributed by atoms with Gasteiger partial charge in [-0.15, -0.1) is 0 Å². The van der Waals surface area contributed by atoms with E-state index in [1.807, 2.05) is 0 Å². The Morgan fingerprint density at radius 3 is 2.81 bits per heavy atom. The van der Waals surface area contributed by atoms with Crippen molar-refractivity contribution in [1.29, 1.82) is 0 Å². The number of rotatable bonds is 3. The molecule has 0 unspecified atom stereocenters. The smallest absolute Gasteiger partial charge is 0.0208 e. The summed E-state index contributed by atoms with van der Waals surface area (Å²) in [5.41, 5.74) is 4.99. The molecule has 88 valence electrons. The van der Waals surface area contributed by atoms with E-state index in [1.54, 1.807) is 5.56 Å². The summed E-state index contributed by atoms with van der Waals surface area (Å²) >= 11 is 0. The predicted octanol–water partition coefficient (Wildman–Crippen LogP) is 3.31. The van der Waals surface area contributed by atoms with Crippen LogP contribution in [0.15, 0.2) is 18.2 Å². The number of hydrogen-bond donors (Lipinski definition) is 1. The van der Waals surface area contributed by atoms with Crippen molar-refractivity contribution in [3.05, 3.63) is 34.9 Å². The number of benzene rings is 1. The first-order valence-electron chi connectivity index (χ1n) is 6.42. The van der Waals surface area contributed by atoms with Gasteiger partial charge in [0.2, 0.25) is 0 Å². The van der Waals surface area contributed by atoms with E-state index in [1.165, 1.54) is 30.4 Å². The van der Waals surface area contributed by atoms with Crippen molar-refractivity contribution in [2.75, 3.05) is 6.54 Å². The van der Waals surface area contributed by atoms with Crippen molar-refractivity contribution >= 4 is 0 Å². The second-order valence-corrected chi connectivity index (χ2v) is 5.72. The molecule has 1 aromatic rings. The van der Waals surface area contributed by atoms with E-state index in [9.17, 15) is 0 Å². The van der Waals surface area contributed by atoms with Crippen LogP contribution in [0, 0.1) is 5.41 Å². The molecule has 0 atom stereocenters. The van der Waals surface area contributed by atoms with Crippen LogP contribution in [-0.4, -0.2) is 6.54 Å². The van der Waals surface area contributed by atoms with Gasteiger partial charge in [0.25, 0.3) is 0 Å². The first-order valence-corrected chi connectivity index (χ1v) is 6.42. The van der Waals surface area contributed by atoms with Crippen LogP contribution >= 0.6 is 0 Å². The Hall–Kier alpha value is -0.820. The van der Waals surface area contributed by atoms with Gasteiger partial charge in [-0.2, -0.15) is 0 Å². The van der Waals surface area contributed by atoms with Gasteiger partial charge in [-0.3, -0.25) is 0 Å². The monoisotopic (exact) mass is 217 g/mol. The third-order valence-electron chi connectivity index (χ3n) is 3.80. The largest absolute Gasteiger partial charge is 0.312 e. The lowest BCUT2D eigenvalue weighted by molar-refractivity contribution is 0.349. The SMILES string of the molecule is CCC(C)(C)Cc1ccc2c(c1)CCNC2. The fraction of sp³-hybridized carbons (Fsp3) is 0.600. The minimum atomic E-state index is 0.432. The molecule has 1 aromatic carbocycles. The minimum absolute atomic E-state index is 0.432. The maximum Gasteiger partial charge on any atom is 0.0208 e. The number of hydrogen-bond acceptors (Lipinski definition) is 1. The molecule has 1 aliphatic rings. The van der Waals surface area contributed by atoms with E-state index >= 15 is 0 Å². The molecule has 0 aromatic heterocycles. The quantitative estimate of drug-likeness (QED) is 0.819. The highest BCUT2D eigenvalue weighted by molar-refractivity contribution is 5.34.